The minimum absolute atomic E-state index is 0.0809. The summed E-state index contributed by atoms with van der Waals surface area (Å²) >= 11 is 12.2. The minimum atomic E-state index is -0.263. The van der Waals surface area contributed by atoms with Crippen LogP contribution in [0.3, 0.4) is 0 Å². The van der Waals surface area contributed by atoms with E-state index >= 15 is 0 Å². The van der Waals surface area contributed by atoms with E-state index in [9.17, 15) is 19.2 Å². The molecule has 0 radical (unpaired) electrons. The summed E-state index contributed by atoms with van der Waals surface area (Å²) in [4.78, 5) is 81.4. The van der Waals surface area contributed by atoms with Gasteiger partial charge >= 0.3 is 0 Å². The van der Waals surface area contributed by atoms with Crippen molar-refractivity contribution in [2.75, 3.05) is 96.7 Å². The van der Waals surface area contributed by atoms with Crippen molar-refractivity contribution in [3.8, 4) is 0 Å². The van der Waals surface area contributed by atoms with Crippen LogP contribution in [0.4, 0.5) is 34.6 Å². The Kier molecular flexibility index (Phi) is 13.7. The predicted molar refractivity (Wildman–Crippen MR) is 265 cm³/mol. The second-order valence-corrected chi connectivity index (χ2v) is 20.0. The Balaban J connectivity index is 0.000000170. The standard InChI is InChI=1S/2C24H30ClN7O2/c2*1-14(2)26-11-17(15-4-6-16(25)7-5-15)24(34)32-9-8-31(18-10-19(18)32)23-21-22(27-13-28-23)29-20(33)12-30(21)3/h2*4-7,13-14,17-19,26H,8-12H2,1-3H3,(H,27,28,29,33)/t17-,18+,19-;17-,18-,19+/m11/s1. The van der Waals surface area contributed by atoms with Crippen molar-refractivity contribution in [2.24, 2.45) is 0 Å². The highest BCUT2D eigenvalue weighted by molar-refractivity contribution is 6.30. The molecule has 2 saturated carbocycles. The summed E-state index contributed by atoms with van der Waals surface area (Å²) in [6.45, 7) is 12.7. The van der Waals surface area contributed by atoms with E-state index in [0.29, 0.717) is 60.9 Å². The molecule has 0 unspecified atom stereocenters. The number of hydrogen-bond donors (Lipinski definition) is 4. The van der Waals surface area contributed by atoms with E-state index < -0.39 is 0 Å². The normalized spacial score (nSPS) is 22.3. The first-order valence-electron chi connectivity index (χ1n) is 23.5. The highest BCUT2D eigenvalue weighted by atomic mass is 35.5. The lowest BCUT2D eigenvalue weighted by Gasteiger charge is -2.39. The Morgan fingerprint density at radius 3 is 1.35 bits per heavy atom. The van der Waals surface area contributed by atoms with E-state index in [4.69, 9.17) is 23.2 Å². The molecule has 4 aromatic rings. The van der Waals surface area contributed by atoms with Gasteiger partial charge in [-0.2, -0.15) is 0 Å². The maximum Gasteiger partial charge on any atom is 0.245 e. The molecule has 2 saturated heterocycles. The lowest BCUT2D eigenvalue weighted by Crippen LogP contribution is -2.52. The molecule has 0 bridgehead atoms. The zero-order valence-corrected chi connectivity index (χ0v) is 40.8. The van der Waals surface area contributed by atoms with Crippen LogP contribution < -0.4 is 40.9 Å². The van der Waals surface area contributed by atoms with Crippen molar-refractivity contribution in [1.82, 2.24) is 40.4 Å². The number of rotatable bonds is 12. The number of likely N-dealkylation sites (N-methyl/N-ethyl adjacent to an activating group) is 2. The minimum Gasteiger partial charge on any atom is -0.359 e. The molecule has 6 atom stereocenters. The number of aromatic nitrogens is 4. The van der Waals surface area contributed by atoms with Gasteiger partial charge in [-0.15, -0.1) is 0 Å². The number of fused-ring (bicyclic) bond motifs is 4. The third-order valence-corrected chi connectivity index (χ3v) is 14.1. The average Bonchev–Trinajstić information content (AvgIpc) is 4.25. The largest absolute Gasteiger partial charge is 0.359 e. The summed E-state index contributed by atoms with van der Waals surface area (Å²) in [6, 6.07) is 16.5. The van der Waals surface area contributed by atoms with E-state index in [1.54, 1.807) is 0 Å². The van der Waals surface area contributed by atoms with Gasteiger partial charge in [0.05, 0.1) is 49.1 Å². The molecular formula is C48H60Cl2N14O4. The van der Waals surface area contributed by atoms with Crippen molar-refractivity contribution >= 4 is 81.5 Å². The van der Waals surface area contributed by atoms with Crippen molar-refractivity contribution in [2.45, 2.75) is 88.6 Å². The van der Waals surface area contributed by atoms with Gasteiger partial charge in [-0.05, 0) is 48.2 Å². The topological polar surface area (TPSA) is 187 Å². The molecule has 2 aromatic heterocycles. The number of halogens is 2. The lowest BCUT2D eigenvalue weighted by atomic mass is 9.96. The van der Waals surface area contributed by atoms with Crippen LogP contribution in [-0.4, -0.2) is 156 Å². The average molecular weight is 968 g/mol. The van der Waals surface area contributed by atoms with Crippen molar-refractivity contribution in [3.63, 3.8) is 0 Å². The smallest absolute Gasteiger partial charge is 0.245 e. The van der Waals surface area contributed by atoms with Gasteiger partial charge < -0.3 is 50.7 Å². The van der Waals surface area contributed by atoms with Crippen LogP contribution in [0.5, 0.6) is 0 Å². The Bertz CT molecular complexity index is 2360. The molecule has 0 spiro atoms. The molecule has 2 aromatic carbocycles. The third kappa shape index (κ3) is 9.86. The number of hydrogen-bond acceptors (Lipinski definition) is 14. The van der Waals surface area contributed by atoms with Crippen LogP contribution in [0.25, 0.3) is 0 Å². The number of nitrogens with zero attached hydrogens (tertiary/aromatic N) is 10. The molecule has 68 heavy (non-hydrogen) atoms. The van der Waals surface area contributed by atoms with Crippen LogP contribution in [-0.2, 0) is 19.2 Å². The second kappa shape index (κ2) is 19.7. The Morgan fingerprint density at radius 1 is 0.603 bits per heavy atom. The summed E-state index contributed by atoms with van der Waals surface area (Å²) in [7, 11) is 3.76. The van der Waals surface area contributed by atoms with Crippen LogP contribution in [0, 0.1) is 0 Å². The lowest BCUT2D eigenvalue weighted by molar-refractivity contribution is -0.134. The van der Waals surface area contributed by atoms with Crippen LogP contribution in [0.15, 0.2) is 61.2 Å². The summed E-state index contributed by atoms with van der Waals surface area (Å²) < 4.78 is 0. The monoisotopic (exact) mass is 966 g/mol. The highest BCUT2D eigenvalue weighted by Gasteiger charge is 2.54. The fraction of sp³-hybridized carbons (Fsp3) is 0.500. The molecule has 4 amide bonds. The Morgan fingerprint density at radius 2 is 0.985 bits per heavy atom. The number of carbonyl (C=O) groups excluding carboxylic acids is 4. The van der Waals surface area contributed by atoms with Gasteiger partial charge in [0, 0.05) is 75.5 Å². The van der Waals surface area contributed by atoms with E-state index in [0.717, 1.165) is 47.0 Å². The van der Waals surface area contributed by atoms with E-state index in [1.165, 1.54) is 12.7 Å². The zero-order valence-electron chi connectivity index (χ0n) is 39.3. The third-order valence-electron chi connectivity index (χ3n) is 13.6. The van der Waals surface area contributed by atoms with Crippen molar-refractivity contribution < 1.29 is 19.2 Å². The SMILES string of the molecule is CC(C)NC[C@@H](C(=O)N1CCN(c2ncnc3c2N(C)CC(=O)N3)[C@@H]2C[C@@H]21)c1ccc(Cl)cc1.CC(C)NC[C@@H](C(=O)N1CCN(c2ncnc3c2N(C)CC(=O)N3)[C@H]2C[C@H]21)c1ccc(Cl)cc1. The van der Waals surface area contributed by atoms with E-state index in [2.05, 4.69) is 78.7 Å². The van der Waals surface area contributed by atoms with Crippen LogP contribution in [0.1, 0.15) is 63.5 Å². The van der Waals surface area contributed by atoms with Crippen LogP contribution >= 0.6 is 23.2 Å². The van der Waals surface area contributed by atoms with Gasteiger partial charge in [-0.3, -0.25) is 19.2 Å². The summed E-state index contributed by atoms with van der Waals surface area (Å²) in [5.74, 6) is 2.34. The summed E-state index contributed by atoms with van der Waals surface area (Å²) in [6.07, 6.45) is 4.81. The number of carbonyl (C=O) groups is 4. The molecule has 2 aliphatic carbocycles. The van der Waals surface area contributed by atoms with Crippen molar-refractivity contribution in [3.05, 3.63) is 82.4 Å². The maximum absolute atomic E-state index is 13.8. The van der Waals surface area contributed by atoms with Gasteiger partial charge in [-0.25, -0.2) is 19.9 Å². The number of benzene rings is 2. The molecular weight excluding hydrogens is 908 g/mol. The van der Waals surface area contributed by atoms with E-state index in [1.807, 2.05) is 82.2 Å². The highest BCUT2D eigenvalue weighted by Crippen LogP contribution is 2.46. The molecule has 6 heterocycles. The first kappa shape index (κ1) is 47.3. The van der Waals surface area contributed by atoms with Crippen LogP contribution in [0.2, 0.25) is 10.0 Å². The quantitative estimate of drug-likeness (QED) is 0.159. The molecule has 4 fully saturated rings. The first-order chi connectivity index (χ1) is 32.7. The summed E-state index contributed by atoms with van der Waals surface area (Å²) in [5.41, 5.74) is 3.63. The molecule has 18 nitrogen and oxygen atoms in total. The van der Waals surface area contributed by atoms with Gasteiger partial charge in [0.1, 0.15) is 24.0 Å². The number of piperazine rings is 2. The fourth-order valence-corrected chi connectivity index (χ4v) is 10.3. The van der Waals surface area contributed by atoms with Gasteiger partial charge in [0.25, 0.3) is 0 Å². The Labute approximate surface area is 407 Å². The number of nitrogens with one attached hydrogen (secondary N) is 4. The molecule has 10 rings (SSSR count). The second-order valence-electron chi connectivity index (χ2n) is 19.1. The predicted octanol–water partition coefficient (Wildman–Crippen LogP) is 4.18. The van der Waals surface area contributed by atoms with Gasteiger partial charge in [0.15, 0.2) is 23.3 Å². The Hall–Kier alpha value is -5.82. The maximum atomic E-state index is 13.8. The summed E-state index contributed by atoms with van der Waals surface area (Å²) in [5, 5.41) is 13.9. The molecule has 6 aliphatic rings. The fourth-order valence-electron chi connectivity index (χ4n) is 10.0. The van der Waals surface area contributed by atoms with E-state index in [-0.39, 0.29) is 84.8 Å². The molecule has 360 valence electrons. The van der Waals surface area contributed by atoms with Crippen molar-refractivity contribution in [1.29, 1.82) is 0 Å². The molecule has 20 heteroatoms. The van der Waals surface area contributed by atoms with Gasteiger partial charge in [-0.1, -0.05) is 75.2 Å². The molecule has 4 aliphatic heterocycles. The molecule has 4 N–H and O–H groups in total. The number of amides is 4. The number of anilines is 6. The zero-order chi connectivity index (χ0) is 48.0. The first-order valence-corrected chi connectivity index (χ1v) is 24.3. The van der Waals surface area contributed by atoms with Gasteiger partial charge in [0.2, 0.25) is 23.6 Å².